The van der Waals surface area contributed by atoms with Crippen molar-refractivity contribution in [2.75, 3.05) is 24.7 Å². The number of nitrogen functional groups attached to an aromatic ring is 1. The first kappa shape index (κ1) is 18.2. The van der Waals surface area contributed by atoms with Crippen molar-refractivity contribution in [3.8, 4) is 0 Å². The summed E-state index contributed by atoms with van der Waals surface area (Å²) in [5.74, 6) is 1.26. The molecule has 3 aromatic rings. The summed E-state index contributed by atoms with van der Waals surface area (Å²) in [5, 5.41) is 1.33. The van der Waals surface area contributed by atoms with Crippen LogP contribution in [0.2, 0.25) is 0 Å². The van der Waals surface area contributed by atoms with Crippen molar-refractivity contribution >= 4 is 45.2 Å². The molecular formula is C17H21N7OS2. The summed E-state index contributed by atoms with van der Waals surface area (Å²) in [7, 11) is 5.48. The van der Waals surface area contributed by atoms with Crippen molar-refractivity contribution in [2.24, 2.45) is 7.05 Å². The Morgan fingerprint density at radius 2 is 2.00 bits per heavy atom. The van der Waals surface area contributed by atoms with Crippen LogP contribution in [0.1, 0.15) is 34.9 Å². The minimum absolute atomic E-state index is 0.0261. The third-order valence-electron chi connectivity index (χ3n) is 4.61. The van der Waals surface area contributed by atoms with E-state index in [1.807, 2.05) is 21.0 Å². The van der Waals surface area contributed by atoms with E-state index in [0.29, 0.717) is 16.9 Å². The lowest BCUT2D eigenvalue weighted by Crippen LogP contribution is -2.20. The fourth-order valence-electron chi connectivity index (χ4n) is 3.20. The van der Waals surface area contributed by atoms with Gasteiger partial charge in [-0.1, -0.05) is 11.8 Å². The van der Waals surface area contributed by atoms with E-state index in [-0.39, 0.29) is 16.8 Å². The lowest BCUT2D eigenvalue weighted by molar-refractivity contribution is 0.722. The summed E-state index contributed by atoms with van der Waals surface area (Å²) >= 11 is 3.10. The Labute approximate surface area is 164 Å². The molecule has 1 aliphatic rings. The van der Waals surface area contributed by atoms with Gasteiger partial charge in [-0.3, -0.25) is 9.36 Å². The molecule has 0 spiro atoms. The Balaban J connectivity index is 1.72. The Morgan fingerprint density at radius 3 is 2.74 bits per heavy atom. The maximum atomic E-state index is 12.9. The minimum atomic E-state index is -0.128. The molecule has 0 aromatic carbocycles. The largest absolute Gasteiger partial charge is 0.368 e. The second-order valence-corrected chi connectivity index (χ2v) is 9.19. The molecule has 142 valence electrons. The van der Waals surface area contributed by atoms with Crippen molar-refractivity contribution in [3.05, 3.63) is 26.6 Å². The third-order valence-corrected chi connectivity index (χ3v) is 6.94. The van der Waals surface area contributed by atoms with Gasteiger partial charge in [-0.05, 0) is 31.7 Å². The van der Waals surface area contributed by atoms with Gasteiger partial charge in [0.2, 0.25) is 11.9 Å². The quantitative estimate of drug-likeness (QED) is 0.522. The predicted octanol–water partition coefficient (Wildman–Crippen LogP) is 2.17. The van der Waals surface area contributed by atoms with Gasteiger partial charge in [0.05, 0.1) is 10.6 Å². The number of thioether (sulfide) groups is 1. The number of thiophene rings is 1. The highest BCUT2D eigenvalue weighted by Gasteiger charge is 2.24. The summed E-state index contributed by atoms with van der Waals surface area (Å²) in [5.41, 5.74) is 7.06. The number of aromatic nitrogens is 5. The van der Waals surface area contributed by atoms with Gasteiger partial charge >= 0.3 is 0 Å². The monoisotopic (exact) mass is 403 g/mol. The molecule has 1 aliphatic carbocycles. The summed E-state index contributed by atoms with van der Waals surface area (Å²) in [6.45, 7) is 1.98. The van der Waals surface area contributed by atoms with Crippen molar-refractivity contribution in [1.82, 2.24) is 24.5 Å². The zero-order valence-electron chi connectivity index (χ0n) is 15.7. The third kappa shape index (κ3) is 3.16. The van der Waals surface area contributed by atoms with E-state index in [4.69, 9.17) is 10.7 Å². The molecule has 0 saturated carbocycles. The number of nitrogens with two attached hydrogens (primary N) is 1. The maximum absolute atomic E-state index is 12.9. The molecule has 0 fully saturated rings. The fourth-order valence-corrected chi connectivity index (χ4v) is 5.42. The number of anilines is 2. The zero-order valence-corrected chi connectivity index (χ0v) is 17.3. The van der Waals surface area contributed by atoms with Gasteiger partial charge in [-0.25, -0.2) is 4.98 Å². The number of rotatable bonds is 4. The molecule has 4 rings (SSSR count). The van der Waals surface area contributed by atoms with Crippen LogP contribution in [0.3, 0.4) is 0 Å². The average molecular weight is 404 g/mol. The molecular weight excluding hydrogens is 382 g/mol. The molecule has 1 unspecified atom stereocenters. The van der Waals surface area contributed by atoms with Crippen LogP contribution in [0, 0.1) is 0 Å². The van der Waals surface area contributed by atoms with Crippen LogP contribution in [-0.4, -0.2) is 38.6 Å². The number of aryl methyl sites for hydroxylation is 2. The van der Waals surface area contributed by atoms with Crippen molar-refractivity contribution in [2.45, 2.75) is 36.6 Å². The second kappa shape index (κ2) is 6.75. The highest BCUT2D eigenvalue weighted by molar-refractivity contribution is 7.99. The Hall–Kier alpha value is -2.20. The van der Waals surface area contributed by atoms with Crippen LogP contribution in [-0.2, 0) is 19.9 Å². The van der Waals surface area contributed by atoms with Crippen LogP contribution < -0.4 is 16.2 Å². The predicted molar refractivity (Wildman–Crippen MR) is 110 cm³/mol. The van der Waals surface area contributed by atoms with Crippen LogP contribution >= 0.6 is 23.1 Å². The molecule has 0 aliphatic heterocycles. The van der Waals surface area contributed by atoms with Gasteiger partial charge in [0.25, 0.3) is 5.56 Å². The van der Waals surface area contributed by atoms with Crippen molar-refractivity contribution in [3.63, 3.8) is 0 Å². The number of hydrogen-bond donors (Lipinski definition) is 1. The summed E-state index contributed by atoms with van der Waals surface area (Å²) in [6.07, 6.45) is 3.16. The molecule has 0 bridgehead atoms. The van der Waals surface area contributed by atoms with Crippen molar-refractivity contribution in [1.29, 1.82) is 0 Å². The highest BCUT2D eigenvalue weighted by Crippen LogP contribution is 2.37. The van der Waals surface area contributed by atoms with E-state index in [1.165, 1.54) is 22.2 Å². The van der Waals surface area contributed by atoms with Gasteiger partial charge in [-0.2, -0.15) is 15.0 Å². The van der Waals surface area contributed by atoms with E-state index >= 15 is 0 Å². The van der Waals surface area contributed by atoms with E-state index in [0.717, 1.165) is 29.5 Å². The normalized spacial score (nSPS) is 14.5. The summed E-state index contributed by atoms with van der Waals surface area (Å²) in [6, 6.07) is 0. The van der Waals surface area contributed by atoms with E-state index in [9.17, 15) is 4.79 Å². The maximum Gasteiger partial charge on any atom is 0.262 e. The second-order valence-electron chi connectivity index (χ2n) is 6.80. The molecule has 10 heteroatoms. The molecule has 1 atom stereocenters. The molecule has 0 saturated heterocycles. The van der Waals surface area contributed by atoms with Crippen LogP contribution in [0.15, 0.2) is 9.95 Å². The lowest BCUT2D eigenvalue weighted by Gasteiger charge is -2.15. The molecule has 8 nitrogen and oxygen atoms in total. The highest BCUT2D eigenvalue weighted by atomic mass is 32.2. The topological polar surface area (TPSA) is 103 Å². The number of hydrogen-bond acceptors (Lipinski definition) is 9. The van der Waals surface area contributed by atoms with Gasteiger partial charge in [0.15, 0.2) is 5.16 Å². The van der Waals surface area contributed by atoms with Gasteiger partial charge < -0.3 is 10.6 Å². The number of nitrogens with zero attached hydrogens (tertiary/aromatic N) is 6. The Kier molecular flexibility index (Phi) is 4.55. The zero-order chi connectivity index (χ0) is 19.3. The van der Waals surface area contributed by atoms with Gasteiger partial charge in [0.1, 0.15) is 10.7 Å². The molecule has 3 heterocycles. The molecule has 0 radical (unpaired) electrons. The first-order chi connectivity index (χ1) is 12.8. The first-order valence-electron chi connectivity index (χ1n) is 8.72. The van der Waals surface area contributed by atoms with Gasteiger partial charge in [-0.15, -0.1) is 11.3 Å². The van der Waals surface area contributed by atoms with Gasteiger partial charge in [0, 0.05) is 26.0 Å². The van der Waals surface area contributed by atoms with Crippen LogP contribution in [0.5, 0.6) is 0 Å². The molecule has 3 aromatic heterocycles. The first-order valence-corrected chi connectivity index (χ1v) is 10.4. The van der Waals surface area contributed by atoms with Crippen LogP contribution in [0.4, 0.5) is 11.9 Å². The van der Waals surface area contributed by atoms with Crippen LogP contribution in [0.25, 0.3) is 10.2 Å². The SMILES string of the molecule is CC(Sc1nc2sc3c(c2c(=O)n1C)CCC3)c1nc(N)nc(N(C)C)n1. The molecule has 27 heavy (non-hydrogen) atoms. The summed E-state index contributed by atoms with van der Waals surface area (Å²) < 4.78 is 1.63. The molecule has 2 N–H and O–H groups in total. The number of fused-ring (bicyclic) bond motifs is 3. The molecule has 0 amide bonds. The summed E-state index contributed by atoms with van der Waals surface area (Å²) in [4.78, 5) is 34.5. The Morgan fingerprint density at radius 1 is 1.22 bits per heavy atom. The minimum Gasteiger partial charge on any atom is -0.368 e. The average Bonchev–Trinajstić information content (AvgIpc) is 3.19. The fraction of sp³-hybridized carbons (Fsp3) is 0.471. The van der Waals surface area contributed by atoms with E-state index in [1.54, 1.807) is 27.9 Å². The lowest BCUT2D eigenvalue weighted by atomic mass is 10.2. The van der Waals surface area contributed by atoms with E-state index in [2.05, 4.69) is 15.0 Å². The van der Waals surface area contributed by atoms with Crippen molar-refractivity contribution < 1.29 is 0 Å². The van der Waals surface area contributed by atoms with E-state index < -0.39 is 0 Å². The Bertz CT molecular complexity index is 1090. The standard InChI is InChI=1S/C17H21N7OS2/c1-8(12-19-15(18)22-16(20-12)23(2)3)26-17-21-13-11(14(25)24(17)4)9-6-5-7-10(9)27-13/h8H,5-7H2,1-4H3,(H2,18,19,20,22). The smallest absolute Gasteiger partial charge is 0.262 e.